The van der Waals surface area contributed by atoms with Crippen LogP contribution in [0.15, 0.2) is 12.1 Å². The molecule has 0 atom stereocenters. The Balaban J connectivity index is 2.70. The quantitative estimate of drug-likeness (QED) is 0.829. The van der Waals surface area contributed by atoms with Crippen LogP contribution < -0.4 is 10.1 Å². The highest BCUT2D eigenvalue weighted by Crippen LogP contribution is 2.24. The molecule has 1 rings (SSSR count). The van der Waals surface area contributed by atoms with Crippen LogP contribution in [0.5, 0.6) is 5.75 Å². The summed E-state index contributed by atoms with van der Waals surface area (Å²) >= 11 is 0. The van der Waals surface area contributed by atoms with Gasteiger partial charge in [-0.25, -0.2) is 0 Å². The summed E-state index contributed by atoms with van der Waals surface area (Å²) in [5.41, 5.74) is 2.72. The molecule has 0 heterocycles. The van der Waals surface area contributed by atoms with E-state index in [-0.39, 0.29) is 0 Å². The molecule has 0 aromatic heterocycles. The Labute approximate surface area is 114 Å². The van der Waals surface area contributed by atoms with E-state index in [4.69, 9.17) is 9.84 Å². The third kappa shape index (κ3) is 3.70. The molecule has 1 aromatic rings. The number of carbonyl (C=O) groups is 1. The molecule has 0 aliphatic heterocycles. The second-order valence-corrected chi connectivity index (χ2v) is 5.47. The molecule has 0 aliphatic carbocycles. The molecule has 0 radical (unpaired) electrons. The van der Waals surface area contributed by atoms with E-state index < -0.39 is 11.4 Å². The van der Waals surface area contributed by atoms with E-state index in [1.165, 1.54) is 11.1 Å². The van der Waals surface area contributed by atoms with Crippen molar-refractivity contribution in [2.75, 3.05) is 13.7 Å². The van der Waals surface area contributed by atoms with Crippen molar-refractivity contribution in [1.82, 2.24) is 5.32 Å². The van der Waals surface area contributed by atoms with Crippen LogP contribution in [0, 0.1) is 19.3 Å². The second kappa shape index (κ2) is 6.06. The number of hydrogen-bond acceptors (Lipinski definition) is 3. The van der Waals surface area contributed by atoms with Crippen molar-refractivity contribution in [3.05, 3.63) is 28.8 Å². The Morgan fingerprint density at radius 3 is 2.47 bits per heavy atom. The Bertz CT molecular complexity index is 467. The molecule has 0 fully saturated rings. The van der Waals surface area contributed by atoms with Gasteiger partial charge in [0.1, 0.15) is 5.75 Å². The normalized spacial score (nSPS) is 11.4. The molecule has 0 amide bonds. The fourth-order valence-corrected chi connectivity index (χ4v) is 1.85. The molecule has 0 aliphatic rings. The maximum Gasteiger partial charge on any atom is 0.310 e. The minimum absolute atomic E-state index is 0.437. The summed E-state index contributed by atoms with van der Waals surface area (Å²) in [6.07, 6.45) is 0. The average Bonchev–Trinajstić information content (AvgIpc) is 2.34. The highest BCUT2D eigenvalue weighted by atomic mass is 16.5. The summed E-state index contributed by atoms with van der Waals surface area (Å²) in [6, 6.07) is 3.96. The lowest BCUT2D eigenvalue weighted by Gasteiger charge is -2.20. The van der Waals surface area contributed by atoms with E-state index in [2.05, 4.69) is 12.2 Å². The van der Waals surface area contributed by atoms with Gasteiger partial charge in [-0.15, -0.1) is 0 Å². The SMILES string of the molecule is COc1ccc(CNCC(C)(C)C(=O)O)c(C)c1C. The van der Waals surface area contributed by atoms with Crippen molar-refractivity contribution in [3.8, 4) is 5.75 Å². The van der Waals surface area contributed by atoms with Gasteiger partial charge in [-0.3, -0.25) is 4.79 Å². The highest BCUT2D eigenvalue weighted by molar-refractivity contribution is 5.73. The van der Waals surface area contributed by atoms with E-state index >= 15 is 0 Å². The minimum atomic E-state index is -0.789. The zero-order valence-corrected chi connectivity index (χ0v) is 12.3. The van der Waals surface area contributed by atoms with Crippen molar-refractivity contribution in [1.29, 1.82) is 0 Å². The van der Waals surface area contributed by atoms with Crippen LogP contribution in [-0.4, -0.2) is 24.7 Å². The van der Waals surface area contributed by atoms with Gasteiger partial charge < -0.3 is 15.2 Å². The second-order valence-electron chi connectivity index (χ2n) is 5.47. The maximum atomic E-state index is 11.0. The van der Waals surface area contributed by atoms with E-state index in [0.29, 0.717) is 13.1 Å². The van der Waals surface area contributed by atoms with E-state index in [9.17, 15) is 4.79 Å². The lowest BCUT2D eigenvalue weighted by Crippen LogP contribution is -2.35. The third-order valence-electron chi connectivity index (χ3n) is 3.53. The topological polar surface area (TPSA) is 58.6 Å². The van der Waals surface area contributed by atoms with Crippen molar-refractivity contribution in [2.45, 2.75) is 34.2 Å². The molecule has 1 aromatic carbocycles. The summed E-state index contributed by atoms with van der Waals surface area (Å²) in [4.78, 5) is 11.0. The van der Waals surface area contributed by atoms with E-state index in [0.717, 1.165) is 11.3 Å². The van der Waals surface area contributed by atoms with Gasteiger partial charge >= 0.3 is 5.97 Å². The van der Waals surface area contributed by atoms with E-state index in [1.807, 2.05) is 19.1 Å². The molecule has 2 N–H and O–H groups in total. The number of carboxylic acid groups (broad SMARTS) is 1. The van der Waals surface area contributed by atoms with Crippen LogP contribution in [-0.2, 0) is 11.3 Å². The monoisotopic (exact) mass is 265 g/mol. The predicted octanol–water partition coefficient (Wildman–Crippen LogP) is 2.51. The Morgan fingerprint density at radius 1 is 1.32 bits per heavy atom. The molecule has 0 bridgehead atoms. The Kier molecular flexibility index (Phi) is 4.95. The van der Waals surface area contributed by atoms with Crippen LogP contribution in [0.2, 0.25) is 0 Å². The van der Waals surface area contributed by atoms with Crippen LogP contribution >= 0.6 is 0 Å². The van der Waals surface area contributed by atoms with Crippen LogP contribution in [0.4, 0.5) is 0 Å². The summed E-state index contributed by atoms with van der Waals surface area (Å²) in [5.74, 6) is 0.0924. The molecule has 0 spiro atoms. The Morgan fingerprint density at radius 2 is 1.95 bits per heavy atom. The molecule has 4 heteroatoms. The first-order chi connectivity index (χ1) is 8.79. The number of carboxylic acids is 1. The summed E-state index contributed by atoms with van der Waals surface area (Å²) in [6.45, 7) is 8.61. The molecule has 0 saturated carbocycles. The van der Waals surface area contributed by atoms with Crippen molar-refractivity contribution in [2.24, 2.45) is 5.41 Å². The average molecular weight is 265 g/mol. The van der Waals surface area contributed by atoms with Crippen LogP contribution in [0.25, 0.3) is 0 Å². The number of nitrogens with one attached hydrogen (secondary N) is 1. The first kappa shape index (κ1) is 15.5. The fraction of sp³-hybridized carbons (Fsp3) is 0.533. The first-order valence-electron chi connectivity index (χ1n) is 6.37. The number of ether oxygens (including phenoxy) is 1. The number of aliphatic carboxylic acids is 1. The molecule has 0 saturated heterocycles. The summed E-state index contributed by atoms with van der Waals surface area (Å²) in [7, 11) is 1.66. The largest absolute Gasteiger partial charge is 0.496 e. The van der Waals surface area contributed by atoms with Gasteiger partial charge in [-0.1, -0.05) is 6.07 Å². The first-order valence-corrected chi connectivity index (χ1v) is 6.37. The standard InChI is InChI=1S/C15H23NO3/c1-10-11(2)13(19-5)7-6-12(10)8-16-9-15(3,4)14(17)18/h6-7,16H,8-9H2,1-5H3,(H,17,18). The molecular formula is C15H23NO3. The molecule has 4 nitrogen and oxygen atoms in total. The van der Waals surface area contributed by atoms with Crippen molar-refractivity contribution >= 4 is 5.97 Å². The molecular weight excluding hydrogens is 242 g/mol. The minimum Gasteiger partial charge on any atom is -0.496 e. The number of rotatable bonds is 6. The van der Waals surface area contributed by atoms with Gasteiger partial charge in [-0.05, 0) is 50.5 Å². The lowest BCUT2D eigenvalue weighted by atomic mass is 9.93. The summed E-state index contributed by atoms with van der Waals surface area (Å²) < 4.78 is 5.27. The van der Waals surface area contributed by atoms with Gasteiger partial charge in [0.15, 0.2) is 0 Å². The van der Waals surface area contributed by atoms with Crippen LogP contribution in [0.3, 0.4) is 0 Å². The van der Waals surface area contributed by atoms with E-state index in [1.54, 1.807) is 21.0 Å². The zero-order valence-electron chi connectivity index (χ0n) is 12.3. The van der Waals surface area contributed by atoms with Gasteiger partial charge in [0, 0.05) is 13.1 Å². The van der Waals surface area contributed by atoms with Gasteiger partial charge in [0.2, 0.25) is 0 Å². The van der Waals surface area contributed by atoms with Gasteiger partial charge in [-0.2, -0.15) is 0 Å². The number of methoxy groups -OCH3 is 1. The zero-order chi connectivity index (χ0) is 14.6. The highest BCUT2D eigenvalue weighted by Gasteiger charge is 2.26. The van der Waals surface area contributed by atoms with Gasteiger partial charge in [0.05, 0.1) is 12.5 Å². The molecule has 19 heavy (non-hydrogen) atoms. The molecule has 0 unspecified atom stereocenters. The van der Waals surface area contributed by atoms with Gasteiger partial charge in [0.25, 0.3) is 0 Å². The number of benzene rings is 1. The maximum absolute atomic E-state index is 11.0. The Hall–Kier alpha value is -1.55. The third-order valence-corrected chi connectivity index (χ3v) is 3.53. The predicted molar refractivity (Wildman–Crippen MR) is 75.6 cm³/mol. The lowest BCUT2D eigenvalue weighted by molar-refractivity contribution is -0.146. The fourth-order valence-electron chi connectivity index (χ4n) is 1.85. The molecule has 106 valence electrons. The van der Waals surface area contributed by atoms with Crippen molar-refractivity contribution < 1.29 is 14.6 Å². The van der Waals surface area contributed by atoms with Crippen LogP contribution in [0.1, 0.15) is 30.5 Å². The number of hydrogen-bond donors (Lipinski definition) is 2. The summed E-state index contributed by atoms with van der Waals surface area (Å²) in [5, 5.41) is 12.3. The smallest absolute Gasteiger partial charge is 0.310 e. The van der Waals surface area contributed by atoms with Crippen molar-refractivity contribution in [3.63, 3.8) is 0 Å².